The molecule has 2 aromatic carbocycles. The SMILES string of the molecule is CC(C)(C)OC(=O)C1C(c2ccccc2)N(Cc2ccccc2)CC1C(C)(C)ON1C(C)(C)CCCC1(C)C. The van der Waals surface area contributed by atoms with E-state index in [-0.39, 0.29) is 34.9 Å². The van der Waals surface area contributed by atoms with Crippen molar-refractivity contribution in [2.75, 3.05) is 6.54 Å². The number of nitrogens with zero attached hydrogens (tertiary/aromatic N) is 2. The molecule has 2 aliphatic rings. The molecule has 5 heteroatoms. The van der Waals surface area contributed by atoms with E-state index in [1.807, 2.05) is 32.9 Å². The summed E-state index contributed by atoms with van der Waals surface area (Å²) in [6, 6.07) is 20.9. The van der Waals surface area contributed by atoms with Gasteiger partial charge in [0.05, 0.1) is 11.5 Å². The van der Waals surface area contributed by atoms with Crippen molar-refractivity contribution in [2.45, 2.75) is 116 Å². The average molecular weight is 535 g/mol. The lowest BCUT2D eigenvalue weighted by atomic mass is 9.77. The summed E-state index contributed by atoms with van der Waals surface area (Å²) in [6.45, 7) is 20.8. The van der Waals surface area contributed by atoms with Gasteiger partial charge in [-0.15, -0.1) is 0 Å². The van der Waals surface area contributed by atoms with E-state index in [2.05, 4.69) is 100 Å². The highest BCUT2D eigenvalue weighted by molar-refractivity contribution is 5.75. The molecule has 0 bridgehead atoms. The second-order valence-corrected chi connectivity index (χ2v) is 14.4. The van der Waals surface area contributed by atoms with Crippen LogP contribution in [-0.4, -0.2) is 44.8 Å². The molecule has 5 nitrogen and oxygen atoms in total. The highest BCUT2D eigenvalue weighted by atomic mass is 16.7. The Hall–Kier alpha value is -2.21. The fourth-order valence-corrected chi connectivity index (χ4v) is 6.82. The zero-order chi connectivity index (χ0) is 28.6. The molecule has 0 aliphatic carbocycles. The van der Waals surface area contributed by atoms with Crippen LogP contribution in [0.4, 0.5) is 0 Å². The van der Waals surface area contributed by atoms with Crippen LogP contribution in [0.3, 0.4) is 0 Å². The van der Waals surface area contributed by atoms with Crippen LogP contribution in [0.5, 0.6) is 0 Å². The zero-order valence-corrected chi connectivity index (χ0v) is 25.7. The lowest BCUT2D eigenvalue weighted by Gasteiger charge is -2.54. The van der Waals surface area contributed by atoms with Gasteiger partial charge in [-0.2, -0.15) is 5.06 Å². The van der Waals surface area contributed by atoms with Gasteiger partial charge in [0.15, 0.2) is 0 Å². The fourth-order valence-electron chi connectivity index (χ4n) is 6.82. The number of carbonyl (C=O) groups excluding carboxylic acids is 1. The van der Waals surface area contributed by atoms with Crippen LogP contribution in [0, 0.1) is 11.8 Å². The fraction of sp³-hybridized carbons (Fsp3) is 0.618. The predicted octanol–water partition coefficient (Wildman–Crippen LogP) is 7.57. The van der Waals surface area contributed by atoms with Crippen molar-refractivity contribution in [1.82, 2.24) is 9.96 Å². The van der Waals surface area contributed by atoms with Crippen molar-refractivity contribution >= 4 is 5.97 Å². The van der Waals surface area contributed by atoms with E-state index in [1.165, 1.54) is 12.0 Å². The second-order valence-electron chi connectivity index (χ2n) is 14.4. The molecule has 0 aromatic heterocycles. The third-order valence-electron chi connectivity index (χ3n) is 8.54. The minimum atomic E-state index is -0.605. The summed E-state index contributed by atoms with van der Waals surface area (Å²) in [7, 11) is 0. The zero-order valence-electron chi connectivity index (χ0n) is 25.7. The van der Waals surface area contributed by atoms with Crippen LogP contribution < -0.4 is 0 Å². The van der Waals surface area contributed by atoms with Crippen molar-refractivity contribution in [3.8, 4) is 0 Å². The van der Waals surface area contributed by atoms with Crippen molar-refractivity contribution < 1.29 is 14.4 Å². The molecule has 2 heterocycles. The molecule has 0 N–H and O–H groups in total. The van der Waals surface area contributed by atoms with Gasteiger partial charge in [0.2, 0.25) is 0 Å². The van der Waals surface area contributed by atoms with Gasteiger partial charge in [-0.25, -0.2) is 0 Å². The molecule has 0 saturated carbocycles. The van der Waals surface area contributed by atoms with Gasteiger partial charge in [-0.05, 0) is 92.7 Å². The Balaban J connectivity index is 1.77. The molecular formula is C34H50N2O3. The molecule has 2 aromatic rings. The van der Waals surface area contributed by atoms with E-state index in [9.17, 15) is 4.79 Å². The van der Waals surface area contributed by atoms with E-state index in [4.69, 9.17) is 9.57 Å². The molecule has 4 rings (SSSR count). The Morgan fingerprint density at radius 2 is 1.41 bits per heavy atom. The first kappa shape index (κ1) is 29.8. The molecule has 3 unspecified atom stereocenters. The van der Waals surface area contributed by atoms with E-state index in [1.54, 1.807) is 0 Å². The highest BCUT2D eigenvalue weighted by Gasteiger charge is 2.56. The number of piperidine rings is 1. The number of hydroxylamine groups is 2. The van der Waals surface area contributed by atoms with Gasteiger partial charge in [0.25, 0.3) is 0 Å². The van der Waals surface area contributed by atoms with Gasteiger partial charge >= 0.3 is 5.97 Å². The standard InChI is InChI=1S/C34H50N2O3/c1-31(2,3)38-30(37)28-27(34(8,9)39-36-32(4,5)21-16-22-33(36,6)7)24-35(23-25-17-12-10-13-18-25)29(28)26-19-14-11-15-20-26/h10-15,17-20,27-29H,16,21-24H2,1-9H3. The minimum absolute atomic E-state index is 0.0743. The molecule has 39 heavy (non-hydrogen) atoms. The summed E-state index contributed by atoms with van der Waals surface area (Å²) in [4.78, 5) is 23.7. The number of ether oxygens (including phenoxy) is 1. The van der Waals surface area contributed by atoms with Crippen molar-refractivity contribution in [1.29, 1.82) is 0 Å². The smallest absolute Gasteiger partial charge is 0.311 e. The second kappa shape index (κ2) is 11.0. The monoisotopic (exact) mass is 534 g/mol. The normalized spacial score (nSPS) is 25.9. The highest BCUT2D eigenvalue weighted by Crippen LogP contribution is 2.50. The van der Waals surface area contributed by atoms with Gasteiger partial charge in [-0.1, -0.05) is 60.7 Å². The average Bonchev–Trinajstić information content (AvgIpc) is 3.22. The largest absolute Gasteiger partial charge is 0.460 e. The Morgan fingerprint density at radius 1 is 0.872 bits per heavy atom. The van der Waals surface area contributed by atoms with Gasteiger partial charge < -0.3 is 4.74 Å². The summed E-state index contributed by atoms with van der Waals surface area (Å²) in [5.41, 5.74) is 1.01. The molecule has 2 saturated heterocycles. The molecule has 2 fully saturated rings. The summed E-state index contributed by atoms with van der Waals surface area (Å²) in [5.74, 6) is -0.595. The third kappa shape index (κ3) is 6.75. The Bertz CT molecular complexity index is 1090. The predicted molar refractivity (Wildman–Crippen MR) is 158 cm³/mol. The molecule has 3 atom stereocenters. The maximum atomic E-state index is 14.1. The van der Waals surface area contributed by atoms with Crippen LogP contribution in [0.15, 0.2) is 60.7 Å². The third-order valence-corrected chi connectivity index (χ3v) is 8.54. The summed E-state index contributed by atoms with van der Waals surface area (Å²) >= 11 is 0. The Kier molecular flexibility index (Phi) is 8.39. The number of hydrogen-bond donors (Lipinski definition) is 0. The van der Waals surface area contributed by atoms with E-state index >= 15 is 0 Å². The summed E-state index contributed by atoms with van der Waals surface area (Å²) < 4.78 is 6.13. The number of benzene rings is 2. The first-order chi connectivity index (χ1) is 18.1. The minimum Gasteiger partial charge on any atom is -0.460 e. The summed E-state index contributed by atoms with van der Waals surface area (Å²) in [6.07, 6.45) is 3.35. The number of esters is 1. The van der Waals surface area contributed by atoms with Crippen molar-refractivity contribution in [3.63, 3.8) is 0 Å². The Labute approximate surface area is 236 Å². The molecule has 0 radical (unpaired) electrons. The number of likely N-dealkylation sites (tertiary alicyclic amines) is 1. The van der Waals surface area contributed by atoms with E-state index < -0.39 is 11.2 Å². The quantitative estimate of drug-likeness (QED) is 0.343. The van der Waals surface area contributed by atoms with Crippen LogP contribution in [0.2, 0.25) is 0 Å². The van der Waals surface area contributed by atoms with Crippen LogP contribution >= 0.6 is 0 Å². The van der Waals surface area contributed by atoms with Gasteiger partial charge in [0.1, 0.15) is 5.60 Å². The van der Waals surface area contributed by atoms with Gasteiger partial charge in [-0.3, -0.25) is 14.5 Å². The lowest BCUT2D eigenvalue weighted by Crippen LogP contribution is -2.62. The topological polar surface area (TPSA) is 42.0 Å². The van der Waals surface area contributed by atoms with Crippen molar-refractivity contribution in [3.05, 3.63) is 71.8 Å². The maximum absolute atomic E-state index is 14.1. The van der Waals surface area contributed by atoms with Crippen LogP contribution in [0.25, 0.3) is 0 Å². The summed E-state index contributed by atoms with van der Waals surface area (Å²) in [5, 5.41) is 2.24. The Morgan fingerprint density at radius 3 is 1.95 bits per heavy atom. The molecule has 0 amide bonds. The number of rotatable bonds is 7. The van der Waals surface area contributed by atoms with Crippen molar-refractivity contribution in [2.24, 2.45) is 11.8 Å². The van der Waals surface area contributed by atoms with E-state index in [0.717, 1.165) is 31.5 Å². The van der Waals surface area contributed by atoms with Crippen LogP contribution in [0.1, 0.15) is 98.7 Å². The molecule has 2 aliphatic heterocycles. The molecule has 0 spiro atoms. The maximum Gasteiger partial charge on any atom is 0.311 e. The first-order valence-corrected chi connectivity index (χ1v) is 14.7. The first-order valence-electron chi connectivity index (χ1n) is 14.7. The van der Waals surface area contributed by atoms with E-state index in [0.29, 0.717) is 0 Å². The van der Waals surface area contributed by atoms with Gasteiger partial charge in [0, 0.05) is 36.1 Å². The molecule has 214 valence electrons. The number of hydrogen-bond acceptors (Lipinski definition) is 5. The molecular weight excluding hydrogens is 484 g/mol. The lowest BCUT2D eigenvalue weighted by molar-refractivity contribution is -0.340. The van der Waals surface area contributed by atoms with Crippen LogP contribution in [-0.2, 0) is 20.9 Å². The number of carbonyl (C=O) groups is 1.